The third kappa shape index (κ3) is 4.37. The Morgan fingerprint density at radius 2 is 1.94 bits per heavy atom. The molecule has 18 heavy (non-hydrogen) atoms. The molecule has 0 radical (unpaired) electrons. The van der Waals surface area contributed by atoms with Crippen LogP contribution in [-0.2, 0) is 9.59 Å². The maximum atomic E-state index is 12.0. The zero-order valence-corrected chi connectivity index (χ0v) is 11.1. The first-order valence-corrected chi connectivity index (χ1v) is 6.40. The first kappa shape index (κ1) is 14.5. The molecule has 0 saturated heterocycles. The number of rotatable bonds is 6. The van der Waals surface area contributed by atoms with Crippen molar-refractivity contribution in [2.75, 3.05) is 23.9 Å². The van der Waals surface area contributed by atoms with Crippen molar-refractivity contribution in [3.63, 3.8) is 0 Å². The molecule has 0 atom stereocenters. The van der Waals surface area contributed by atoms with Gasteiger partial charge in [-0.15, -0.1) is 11.6 Å². The number of benzene rings is 1. The Balaban J connectivity index is 2.51. The van der Waals surface area contributed by atoms with Gasteiger partial charge in [0.1, 0.15) is 5.88 Å². The van der Waals surface area contributed by atoms with E-state index >= 15 is 0 Å². The van der Waals surface area contributed by atoms with Crippen molar-refractivity contribution < 1.29 is 9.59 Å². The van der Waals surface area contributed by atoms with Gasteiger partial charge in [0.2, 0.25) is 11.8 Å². The Kier molecular flexibility index (Phi) is 6.22. The van der Waals surface area contributed by atoms with Crippen molar-refractivity contribution in [1.82, 2.24) is 5.32 Å². The lowest BCUT2D eigenvalue weighted by atomic mass is 10.2. The predicted octanol–water partition coefficient (Wildman–Crippen LogP) is 1.78. The standard InChI is InChI=1S/C13H17ClN2O2/c1-2-16(11-6-4-3-5-7-11)13(18)8-9-15-12(17)10-14/h3-7H,2,8-10H2,1H3,(H,15,17). The molecule has 98 valence electrons. The monoisotopic (exact) mass is 268 g/mol. The highest BCUT2D eigenvalue weighted by atomic mass is 35.5. The molecular formula is C13H17ClN2O2. The van der Waals surface area contributed by atoms with E-state index in [2.05, 4.69) is 5.32 Å². The second-order valence-corrected chi connectivity index (χ2v) is 3.97. The average molecular weight is 269 g/mol. The molecule has 0 aliphatic carbocycles. The quantitative estimate of drug-likeness (QED) is 0.800. The van der Waals surface area contributed by atoms with Gasteiger partial charge in [0.25, 0.3) is 0 Å². The number of anilines is 1. The van der Waals surface area contributed by atoms with Crippen molar-refractivity contribution in [2.45, 2.75) is 13.3 Å². The number of nitrogens with zero attached hydrogens (tertiary/aromatic N) is 1. The fourth-order valence-electron chi connectivity index (χ4n) is 1.60. The van der Waals surface area contributed by atoms with E-state index in [1.807, 2.05) is 37.3 Å². The Labute approximate surface area is 112 Å². The second kappa shape index (κ2) is 7.71. The molecule has 0 heterocycles. The number of hydrogen-bond acceptors (Lipinski definition) is 2. The minimum atomic E-state index is -0.257. The summed E-state index contributed by atoms with van der Waals surface area (Å²) in [4.78, 5) is 24.6. The predicted molar refractivity (Wildman–Crippen MR) is 72.8 cm³/mol. The van der Waals surface area contributed by atoms with Crippen LogP contribution >= 0.6 is 11.6 Å². The van der Waals surface area contributed by atoms with E-state index in [0.717, 1.165) is 5.69 Å². The Morgan fingerprint density at radius 3 is 2.50 bits per heavy atom. The highest BCUT2D eigenvalue weighted by Crippen LogP contribution is 2.13. The van der Waals surface area contributed by atoms with Gasteiger partial charge in [0, 0.05) is 25.2 Å². The summed E-state index contributed by atoms with van der Waals surface area (Å²) in [7, 11) is 0. The zero-order chi connectivity index (χ0) is 13.4. The summed E-state index contributed by atoms with van der Waals surface area (Å²) in [5.74, 6) is -0.351. The minimum Gasteiger partial charge on any atom is -0.355 e. The smallest absolute Gasteiger partial charge is 0.234 e. The van der Waals surface area contributed by atoms with E-state index in [4.69, 9.17) is 11.6 Å². The van der Waals surface area contributed by atoms with Crippen LogP contribution in [0.3, 0.4) is 0 Å². The Morgan fingerprint density at radius 1 is 1.28 bits per heavy atom. The molecule has 0 aliphatic rings. The molecule has 1 N–H and O–H groups in total. The van der Waals surface area contributed by atoms with Crippen LogP contribution in [0.15, 0.2) is 30.3 Å². The normalized spacial score (nSPS) is 9.89. The summed E-state index contributed by atoms with van der Waals surface area (Å²) in [6.07, 6.45) is 0.269. The summed E-state index contributed by atoms with van der Waals surface area (Å²) in [5.41, 5.74) is 0.869. The molecule has 0 saturated carbocycles. The van der Waals surface area contributed by atoms with Crippen molar-refractivity contribution in [2.24, 2.45) is 0 Å². The maximum Gasteiger partial charge on any atom is 0.234 e. The van der Waals surface area contributed by atoms with Crippen molar-refractivity contribution >= 4 is 29.1 Å². The number of hydrogen-bond donors (Lipinski definition) is 1. The van der Waals surface area contributed by atoms with E-state index in [9.17, 15) is 9.59 Å². The number of para-hydroxylation sites is 1. The molecule has 2 amide bonds. The fraction of sp³-hybridized carbons (Fsp3) is 0.385. The average Bonchev–Trinajstić information content (AvgIpc) is 2.40. The fourth-order valence-corrected chi connectivity index (χ4v) is 1.70. The molecule has 0 spiro atoms. The number of amides is 2. The van der Waals surface area contributed by atoms with Gasteiger partial charge in [-0.05, 0) is 19.1 Å². The lowest BCUT2D eigenvalue weighted by Crippen LogP contribution is -2.34. The lowest BCUT2D eigenvalue weighted by molar-refractivity contribution is -0.119. The summed E-state index contributed by atoms with van der Waals surface area (Å²) in [5, 5.41) is 2.58. The maximum absolute atomic E-state index is 12.0. The van der Waals surface area contributed by atoms with Crippen LogP contribution in [0.4, 0.5) is 5.69 Å². The van der Waals surface area contributed by atoms with Crippen LogP contribution < -0.4 is 10.2 Å². The molecule has 1 aromatic carbocycles. The van der Waals surface area contributed by atoms with Crippen LogP contribution in [-0.4, -0.2) is 30.8 Å². The summed E-state index contributed by atoms with van der Waals surface area (Å²) in [6, 6.07) is 9.46. The van der Waals surface area contributed by atoms with Crippen LogP contribution in [0.25, 0.3) is 0 Å². The van der Waals surface area contributed by atoms with Crippen molar-refractivity contribution in [1.29, 1.82) is 0 Å². The van der Waals surface area contributed by atoms with Gasteiger partial charge in [-0.25, -0.2) is 0 Å². The summed E-state index contributed by atoms with van der Waals surface area (Å²) < 4.78 is 0. The molecule has 0 unspecified atom stereocenters. The van der Waals surface area contributed by atoms with Gasteiger partial charge >= 0.3 is 0 Å². The van der Waals surface area contributed by atoms with E-state index in [0.29, 0.717) is 13.1 Å². The zero-order valence-electron chi connectivity index (χ0n) is 10.4. The number of nitrogens with one attached hydrogen (secondary N) is 1. The topological polar surface area (TPSA) is 49.4 Å². The van der Waals surface area contributed by atoms with Crippen LogP contribution in [0.2, 0.25) is 0 Å². The Hall–Kier alpha value is -1.55. The molecule has 0 fully saturated rings. The van der Waals surface area contributed by atoms with Gasteiger partial charge in [-0.2, -0.15) is 0 Å². The van der Waals surface area contributed by atoms with Crippen molar-refractivity contribution in [3.05, 3.63) is 30.3 Å². The minimum absolute atomic E-state index is 0.0152. The summed E-state index contributed by atoms with van der Waals surface area (Å²) >= 11 is 5.35. The molecule has 5 heteroatoms. The van der Waals surface area contributed by atoms with Crippen molar-refractivity contribution in [3.8, 4) is 0 Å². The van der Waals surface area contributed by atoms with Crippen LogP contribution in [0, 0.1) is 0 Å². The molecule has 4 nitrogen and oxygen atoms in total. The second-order valence-electron chi connectivity index (χ2n) is 3.71. The third-order valence-corrected chi connectivity index (χ3v) is 2.71. The molecule has 1 rings (SSSR count). The number of alkyl halides is 1. The van der Waals surface area contributed by atoms with Gasteiger partial charge in [-0.1, -0.05) is 18.2 Å². The highest BCUT2D eigenvalue weighted by molar-refractivity contribution is 6.27. The molecule has 0 aromatic heterocycles. The molecule has 0 aliphatic heterocycles. The third-order valence-electron chi connectivity index (χ3n) is 2.47. The summed E-state index contributed by atoms with van der Waals surface area (Å²) in [6.45, 7) is 2.84. The van der Waals surface area contributed by atoms with E-state index < -0.39 is 0 Å². The molecule has 0 bridgehead atoms. The van der Waals surface area contributed by atoms with E-state index in [-0.39, 0.29) is 24.1 Å². The number of halogens is 1. The van der Waals surface area contributed by atoms with Crippen LogP contribution in [0.5, 0.6) is 0 Å². The highest BCUT2D eigenvalue weighted by Gasteiger charge is 2.13. The Bertz CT molecular complexity index is 395. The van der Waals surface area contributed by atoms with E-state index in [1.165, 1.54) is 0 Å². The van der Waals surface area contributed by atoms with Gasteiger partial charge in [0.05, 0.1) is 0 Å². The largest absolute Gasteiger partial charge is 0.355 e. The SMILES string of the molecule is CCN(C(=O)CCNC(=O)CCl)c1ccccc1. The van der Waals surface area contributed by atoms with Gasteiger partial charge in [0.15, 0.2) is 0 Å². The number of carbonyl (C=O) groups is 2. The first-order chi connectivity index (χ1) is 8.69. The van der Waals surface area contributed by atoms with Crippen LogP contribution in [0.1, 0.15) is 13.3 Å². The van der Waals surface area contributed by atoms with Gasteiger partial charge in [-0.3, -0.25) is 9.59 Å². The van der Waals surface area contributed by atoms with Gasteiger partial charge < -0.3 is 10.2 Å². The molecular weight excluding hydrogens is 252 g/mol. The number of carbonyl (C=O) groups excluding carboxylic acids is 2. The first-order valence-electron chi connectivity index (χ1n) is 5.87. The van der Waals surface area contributed by atoms with E-state index in [1.54, 1.807) is 4.90 Å². The lowest BCUT2D eigenvalue weighted by Gasteiger charge is -2.21. The molecule has 1 aromatic rings.